The molecule has 2 unspecified atom stereocenters. The first-order valence-electron chi connectivity index (χ1n) is 7.45. The largest absolute Gasteiger partial charge is 0.298 e. The van der Waals surface area contributed by atoms with Gasteiger partial charge in [-0.2, -0.15) is 0 Å². The second-order valence-corrected chi connectivity index (χ2v) is 8.16. The van der Waals surface area contributed by atoms with Crippen LogP contribution in [0.15, 0.2) is 0 Å². The van der Waals surface area contributed by atoms with E-state index in [0.717, 1.165) is 41.7 Å². The van der Waals surface area contributed by atoms with Gasteiger partial charge in [0.25, 0.3) is 0 Å². The molecule has 0 aromatic heterocycles. The maximum absolute atomic E-state index is 12.3. The van der Waals surface area contributed by atoms with Crippen LogP contribution in [0.4, 0.5) is 0 Å². The van der Waals surface area contributed by atoms with E-state index in [9.17, 15) is 4.79 Å². The van der Waals surface area contributed by atoms with Crippen LogP contribution >= 0.6 is 22.6 Å². The molecule has 18 heavy (non-hydrogen) atoms. The molecule has 1 aliphatic carbocycles. The lowest BCUT2D eigenvalue weighted by atomic mass is 9.85. The summed E-state index contributed by atoms with van der Waals surface area (Å²) >= 11 is 2.53. The van der Waals surface area contributed by atoms with Gasteiger partial charge in [-0.15, -0.1) is 0 Å². The molecule has 0 bridgehead atoms. The molecule has 0 N–H and O–H groups in total. The molecule has 0 radical (unpaired) electrons. The van der Waals surface area contributed by atoms with Gasteiger partial charge >= 0.3 is 0 Å². The van der Waals surface area contributed by atoms with Gasteiger partial charge in [-0.25, -0.2) is 0 Å². The van der Waals surface area contributed by atoms with E-state index in [1.165, 1.54) is 19.3 Å². The number of carbonyl (C=O) groups is 1. The summed E-state index contributed by atoms with van der Waals surface area (Å²) in [6.45, 7) is 7.62. The number of halogens is 1. The van der Waals surface area contributed by atoms with Crippen molar-refractivity contribution in [1.82, 2.24) is 4.90 Å². The van der Waals surface area contributed by atoms with Gasteiger partial charge in [0.15, 0.2) is 0 Å². The first kappa shape index (κ1) is 14.8. The molecule has 2 nitrogen and oxygen atoms in total. The first-order chi connectivity index (χ1) is 8.56. The highest BCUT2D eigenvalue weighted by molar-refractivity contribution is 14.1. The first-order valence-corrected chi connectivity index (χ1v) is 8.70. The van der Waals surface area contributed by atoms with Crippen molar-refractivity contribution in [3.05, 3.63) is 0 Å². The second-order valence-electron chi connectivity index (χ2n) is 6.39. The average Bonchev–Trinajstić information content (AvgIpc) is 2.34. The van der Waals surface area contributed by atoms with E-state index >= 15 is 0 Å². The zero-order valence-corrected chi connectivity index (χ0v) is 13.9. The number of alkyl halides is 1. The lowest BCUT2D eigenvalue weighted by Gasteiger charge is -2.36. The lowest BCUT2D eigenvalue weighted by Crippen LogP contribution is -2.42. The standard InChI is InChI=1S/C15H26INO/c1-11-7-8-17(9-12(11)2)10-15(18)13-3-5-14(16)6-4-13/h11-14H,3-10H2,1-2H3. The van der Waals surface area contributed by atoms with Crippen LogP contribution < -0.4 is 0 Å². The van der Waals surface area contributed by atoms with Gasteiger partial charge in [0.2, 0.25) is 0 Å². The van der Waals surface area contributed by atoms with Crippen molar-refractivity contribution in [2.45, 2.75) is 49.9 Å². The summed E-state index contributed by atoms with van der Waals surface area (Å²) in [5, 5.41) is 0. The van der Waals surface area contributed by atoms with Crippen LogP contribution in [-0.4, -0.2) is 34.2 Å². The van der Waals surface area contributed by atoms with Crippen molar-refractivity contribution in [3.63, 3.8) is 0 Å². The SMILES string of the molecule is CC1CCN(CC(=O)C2CCC(I)CC2)CC1C. The fraction of sp³-hybridized carbons (Fsp3) is 0.933. The lowest BCUT2D eigenvalue weighted by molar-refractivity contribution is -0.125. The van der Waals surface area contributed by atoms with Crippen molar-refractivity contribution < 1.29 is 4.79 Å². The monoisotopic (exact) mass is 363 g/mol. The third-order valence-electron chi connectivity index (χ3n) is 4.91. The van der Waals surface area contributed by atoms with Crippen LogP contribution in [0, 0.1) is 17.8 Å². The van der Waals surface area contributed by atoms with Gasteiger partial charge in [0.05, 0.1) is 6.54 Å². The highest BCUT2D eigenvalue weighted by atomic mass is 127. The molecule has 0 aromatic carbocycles. The number of piperidine rings is 1. The summed E-state index contributed by atoms with van der Waals surface area (Å²) in [5.41, 5.74) is 0. The fourth-order valence-electron chi connectivity index (χ4n) is 3.22. The Morgan fingerprint density at radius 2 is 1.78 bits per heavy atom. The molecule has 1 heterocycles. The molecule has 2 aliphatic rings. The molecule has 2 rings (SSSR count). The summed E-state index contributed by atoms with van der Waals surface area (Å²) in [7, 11) is 0. The van der Waals surface area contributed by atoms with Gasteiger partial charge in [-0.1, -0.05) is 36.4 Å². The Kier molecular flexibility index (Phi) is 5.48. The number of likely N-dealkylation sites (tertiary alicyclic amines) is 1. The minimum atomic E-state index is 0.366. The van der Waals surface area contributed by atoms with E-state index in [0.29, 0.717) is 18.2 Å². The second kappa shape index (κ2) is 6.69. The zero-order chi connectivity index (χ0) is 13.1. The zero-order valence-electron chi connectivity index (χ0n) is 11.7. The Morgan fingerprint density at radius 3 is 2.39 bits per heavy atom. The van der Waals surface area contributed by atoms with Gasteiger partial charge < -0.3 is 0 Å². The third kappa shape index (κ3) is 3.92. The van der Waals surface area contributed by atoms with Crippen molar-refractivity contribution in [1.29, 1.82) is 0 Å². The molecule has 2 fully saturated rings. The van der Waals surface area contributed by atoms with E-state index in [1.54, 1.807) is 0 Å². The number of carbonyl (C=O) groups excluding carboxylic acids is 1. The quantitative estimate of drug-likeness (QED) is 0.565. The predicted octanol–water partition coefficient (Wildman–Crippen LogP) is 3.53. The summed E-state index contributed by atoms with van der Waals surface area (Å²) in [5.74, 6) is 2.45. The van der Waals surface area contributed by atoms with E-state index < -0.39 is 0 Å². The summed E-state index contributed by atoms with van der Waals surface area (Å²) in [4.78, 5) is 14.7. The van der Waals surface area contributed by atoms with Crippen LogP contribution in [-0.2, 0) is 4.79 Å². The summed E-state index contributed by atoms with van der Waals surface area (Å²) < 4.78 is 0.808. The van der Waals surface area contributed by atoms with Crippen LogP contribution in [0.5, 0.6) is 0 Å². The summed E-state index contributed by atoms with van der Waals surface area (Å²) in [6, 6.07) is 0. The van der Waals surface area contributed by atoms with Gasteiger partial charge in [0.1, 0.15) is 5.78 Å². The fourth-order valence-corrected chi connectivity index (χ4v) is 3.94. The smallest absolute Gasteiger partial charge is 0.149 e. The third-order valence-corrected chi connectivity index (χ3v) is 6.16. The van der Waals surface area contributed by atoms with E-state index in [-0.39, 0.29) is 0 Å². The Hall–Kier alpha value is 0.360. The number of Topliss-reactive ketones (excluding diaryl/α,β-unsaturated/α-hetero) is 1. The number of nitrogens with zero attached hydrogens (tertiary/aromatic N) is 1. The minimum absolute atomic E-state index is 0.366. The highest BCUT2D eigenvalue weighted by Gasteiger charge is 2.28. The highest BCUT2D eigenvalue weighted by Crippen LogP contribution is 2.30. The Bertz CT molecular complexity index is 286. The van der Waals surface area contributed by atoms with E-state index in [1.807, 2.05) is 0 Å². The van der Waals surface area contributed by atoms with Crippen molar-refractivity contribution >= 4 is 28.4 Å². The Balaban J connectivity index is 1.77. The maximum Gasteiger partial charge on any atom is 0.149 e. The van der Waals surface area contributed by atoms with Gasteiger partial charge in [0, 0.05) is 16.4 Å². The molecule has 1 saturated heterocycles. The average molecular weight is 363 g/mol. The van der Waals surface area contributed by atoms with Crippen molar-refractivity contribution in [2.24, 2.45) is 17.8 Å². The normalized spacial score (nSPS) is 38.6. The van der Waals surface area contributed by atoms with E-state index in [2.05, 4.69) is 41.3 Å². The van der Waals surface area contributed by atoms with Gasteiger partial charge in [-0.3, -0.25) is 9.69 Å². The predicted molar refractivity (Wildman–Crippen MR) is 84.2 cm³/mol. The van der Waals surface area contributed by atoms with Crippen LogP contribution in [0.1, 0.15) is 46.0 Å². The van der Waals surface area contributed by atoms with Crippen molar-refractivity contribution in [3.8, 4) is 0 Å². The molecule has 1 aliphatic heterocycles. The molecule has 0 amide bonds. The molecule has 104 valence electrons. The number of hydrogen-bond acceptors (Lipinski definition) is 2. The Labute approximate surface area is 125 Å². The topological polar surface area (TPSA) is 20.3 Å². The Morgan fingerprint density at radius 1 is 1.11 bits per heavy atom. The minimum Gasteiger partial charge on any atom is -0.298 e. The number of ketones is 1. The maximum atomic E-state index is 12.3. The molecule has 2 atom stereocenters. The molecular weight excluding hydrogens is 337 g/mol. The van der Waals surface area contributed by atoms with Crippen LogP contribution in [0.3, 0.4) is 0 Å². The van der Waals surface area contributed by atoms with E-state index in [4.69, 9.17) is 0 Å². The summed E-state index contributed by atoms with van der Waals surface area (Å²) in [6.07, 6.45) is 6.00. The number of hydrogen-bond donors (Lipinski definition) is 0. The van der Waals surface area contributed by atoms with Crippen LogP contribution in [0.25, 0.3) is 0 Å². The van der Waals surface area contributed by atoms with Gasteiger partial charge in [-0.05, 0) is 50.5 Å². The molecule has 3 heteroatoms. The molecule has 0 aromatic rings. The molecule has 1 saturated carbocycles. The van der Waals surface area contributed by atoms with Crippen LogP contribution in [0.2, 0.25) is 0 Å². The molecular formula is C15H26INO. The molecule has 0 spiro atoms. The number of rotatable bonds is 3. The van der Waals surface area contributed by atoms with Crippen molar-refractivity contribution in [2.75, 3.05) is 19.6 Å².